The Morgan fingerprint density at radius 1 is 1.39 bits per heavy atom. The van der Waals surface area contributed by atoms with E-state index in [4.69, 9.17) is 4.74 Å². The highest BCUT2D eigenvalue weighted by Crippen LogP contribution is 2.39. The van der Waals surface area contributed by atoms with E-state index in [9.17, 15) is 19.7 Å². The minimum absolute atomic E-state index is 0.137. The van der Waals surface area contributed by atoms with Gasteiger partial charge in [-0.2, -0.15) is 5.10 Å². The van der Waals surface area contributed by atoms with E-state index in [2.05, 4.69) is 10.4 Å². The molecule has 1 amide bonds. The largest absolute Gasteiger partial charge is 0.459 e. The van der Waals surface area contributed by atoms with E-state index in [0.717, 1.165) is 42.3 Å². The second-order valence-corrected chi connectivity index (χ2v) is 7.88. The molecule has 9 nitrogen and oxygen atoms in total. The number of nitrogens with one attached hydrogen (secondary N) is 1. The van der Waals surface area contributed by atoms with Crippen molar-refractivity contribution >= 4 is 33.9 Å². The molecule has 1 aliphatic rings. The van der Waals surface area contributed by atoms with Crippen molar-refractivity contribution in [3.63, 3.8) is 0 Å². The summed E-state index contributed by atoms with van der Waals surface area (Å²) in [4.78, 5) is 37.2. The molecule has 0 saturated carbocycles. The maximum atomic E-state index is 12.9. The molecule has 0 spiro atoms. The van der Waals surface area contributed by atoms with Crippen LogP contribution in [0.4, 0.5) is 10.7 Å². The second kappa shape index (κ2) is 8.09. The summed E-state index contributed by atoms with van der Waals surface area (Å²) in [5.74, 6) is -1.15. The molecule has 2 heterocycles. The number of nitro groups is 1. The lowest BCUT2D eigenvalue weighted by molar-refractivity contribution is -0.385. The lowest BCUT2D eigenvalue weighted by Crippen LogP contribution is -2.21. The number of esters is 1. The van der Waals surface area contributed by atoms with Crippen molar-refractivity contribution in [3.05, 3.63) is 38.0 Å². The number of aromatic nitrogens is 2. The van der Waals surface area contributed by atoms with Crippen LogP contribution >= 0.6 is 11.3 Å². The highest BCUT2D eigenvalue weighted by Gasteiger charge is 2.31. The van der Waals surface area contributed by atoms with Crippen LogP contribution in [0.15, 0.2) is 6.20 Å². The standard InChI is InChI=1S/C18H22N4O5S/c1-4-21-15(12(9-19-21)22(25)26)16(23)20-17-14(18(24)27-10(2)3)11-7-5-6-8-13(11)28-17/h9-10H,4-8H2,1-3H3,(H,20,23). The first-order chi connectivity index (χ1) is 13.3. The van der Waals surface area contributed by atoms with Gasteiger partial charge in [0.05, 0.1) is 16.6 Å². The zero-order valence-corrected chi connectivity index (χ0v) is 16.8. The molecule has 0 unspecified atom stereocenters. The van der Waals surface area contributed by atoms with E-state index in [1.165, 1.54) is 16.0 Å². The van der Waals surface area contributed by atoms with Crippen molar-refractivity contribution in [1.29, 1.82) is 0 Å². The third kappa shape index (κ3) is 3.77. The Balaban J connectivity index is 2.00. The molecule has 2 aromatic heterocycles. The summed E-state index contributed by atoms with van der Waals surface area (Å²) in [7, 11) is 0. The van der Waals surface area contributed by atoms with E-state index in [1.807, 2.05) is 0 Å². The number of hydrogen-bond acceptors (Lipinski definition) is 7. The Hall–Kier alpha value is -2.75. The summed E-state index contributed by atoms with van der Waals surface area (Å²) in [5, 5.41) is 18.3. The molecule has 0 fully saturated rings. The van der Waals surface area contributed by atoms with Gasteiger partial charge in [-0.25, -0.2) is 4.79 Å². The fourth-order valence-electron chi connectivity index (χ4n) is 3.29. The van der Waals surface area contributed by atoms with Gasteiger partial charge in [-0.05, 0) is 52.0 Å². The lowest BCUT2D eigenvalue weighted by atomic mass is 9.95. The lowest BCUT2D eigenvalue weighted by Gasteiger charge is -2.14. The van der Waals surface area contributed by atoms with Gasteiger partial charge in [0.15, 0.2) is 0 Å². The van der Waals surface area contributed by atoms with Gasteiger partial charge >= 0.3 is 11.7 Å². The molecule has 1 N–H and O–H groups in total. The monoisotopic (exact) mass is 406 g/mol. The van der Waals surface area contributed by atoms with Crippen LogP contribution in [-0.4, -0.2) is 32.7 Å². The molecule has 0 saturated heterocycles. The number of anilines is 1. The smallest absolute Gasteiger partial charge is 0.341 e. The quantitative estimate of drug-likeness (QED) is 0.445. The molecule has 0 bridgehead atoms. The molecule has 0 radical (unpaired) electrons. The van der Waals surface area contributed by atoms with Crippen LogP contribution in [0.5, 0.6) is 0 Å². The van der Waals surface area contributed by atoms with Gasteiger partial charge in [0.1, 0.15) is 11.2 Å². The van der Waals surface area contributed by atoms with Gasteiger partial charge < -0.3 is 10.1 Å². The number of nitrogens with zero attached hydrogens (tertiary/aromatic N) is 3. The molecule has 10 heteroatoms. The number of hydrogen-bond donors (Lipinski definition) is 1. The molecular formula is C18H22N4O5S. The number of carbonyl (C=O) groups is 2. The molecule has 1 aliphatic carbocycles. The number of aryl methyl sites for hydroxylation is 2. The van der Waals surface area contributed by atoms with Crippen LogP contribution in [0, 0.1) is 10.1 Å². The number of ether oxygens (including phenoxy) is 1. The van der Waals surface area contributed by atoms with E-state index >= 15 is 0 Å². The number of amides is 1. The van der Waals surface area contributed by atoms with Crippen LogP contribution in [-0.2, 0) is 24.1 Å². The first-order valence-electron chi connectivity index (χ1n) is 9.20. The average molecular weight is 406 g/mol. The van der Waals surface area contributed by atoms with Crippen LogP contribution in [0.3, 0.4) is 0 Å². The van der Waals surface area contributed by atoms with Crippen molar-refractivity contribution in [1.82, 2.24) is 9.78 Å². The number of thiophene rings is 1. The summed E-state index contributed by atoms with van der Waals surface area (Å²) in [6, 6.07) is 0. The fourth-order valence-corrected chi connectivity index (χ4v) is 4.56. The summed E-state index contributed by atoms with van der Waals surface area (Å²) < 4.78 is 6.64. The Morgan fingerprint density at radius 3 is 2.75 bits per heavy atom. The van der Waals surface area contributed by atoms with E-state index in [0.29, 0.717) is 17.1 Å². The summed E-state index contributed by atoms with van der Waals surface area (Å²) in [6.45, 7) is 5.57. The molecule has 0 aliphatic heterocycles. The minimum Gasteiger partial charge on any atom is -0.459 e. The van der Waals surface area contributed by atoms with Gasteiger partial charge in [0, 0.05) is 11.4 Å². The molecule has 0 aromatic carbocycles. The van der Waals surface area contributed by atoms with E-state index in [1.54, 1.807) is 20.8 Å². The van der Waals surface area contributed by atoms with Crippen molar-refractivity contribution in [3.8, 4) is 0 Å². The van der Waals surface area contributed by atoms with Crippen molar-refractivity contribution < 1.29 is 19.2 Å². The summed E-state index contributed by atoms with van der Waals surface area (Å²) in [6.07, 6.45) is 4.34. The fraction of sp³-hybridized carbons (Fsp3) is 0.500. The van der Waals surface area contributed by atoms with E-state index < -0.39 is 16.8 Å². The van der Waals surface area contributed by atoms with Crippen molar-refractivity contribution in [2.75, 3.05) is 5.32 Å². The Kier molecular flexibility index (Phi) is 5.78. The van der Waals surface area contributed by atoms with Gasteiger partial charge in [-0.3, -0.25) is 19.6 Å². The van der Waals surface area contributed by atoms with Gasteiger partial charge in [0.25, 0.3) is 5.91 Å². The van der Waals surface area contributed by atoms with Gasteiger partial charge in [0.2, 0.25) is 5.69 Å². The first-order valence-corrected chi connectivity index (χ1v) is 10.0. The zero-order valence-electron chi connectivity index (χ0n) is 16.0. The average Bonchev–Trinajstić information content (AvgIpc) is 3.21. The first kappa shape index (κ1) is 20.0. The zero-order chi connectivity index (χ0) is 20.4. The summed E-state index contributed by atoms with van der Waals surface area (Å²) in [5.41, 5.74) is 0.775. The highest BCUT2D eigenvalue weighted by molar-refractivity contribution is 7.17. The predicted molar refractivity (Wildman–Crippen MR) is 104 cm³/mol. The van der Waals surface area contributed by atoms with Crippen LogP contribution < -0.4 is 5.32 Å². The van der Waals surface area contributed by atoms with Gasteiger partial charge in [-0.15, -0.1) is 11.3 Å². The van der Waals surface area contributed by atoms with Crippen molar-refractivity contribution in [2.45, 2.75) is 59.1 Å². The maximum absolute atomic E-state index is 12.9. The molecule has 150 valence electrons. The van der Waals surface area contributed by atoms with Crippen molar-refractivity contribution in [2.24, 2.45) is 0 Å². The van der Waals surface area contributed by atoms with E-state index in [-0.39, 0.29) is 17.5 Å². The molecule has 0 atom stereocenters. The van der Waals surface area contributed by atoms with Crippen LogP contribution in [0.25, 0.3) is 0 Å². The van der Waals surface area contributed by atoms with Crippen LogP contribution in [0.2, 0.25) is 0 Å². The molecule has 2 aromatic rings. The molecular weight excluding hydrogens is 384 g/mol. The predicted octanol–water partition coefficient (Wildman–Crippen LogP) is 3.57. The second-order valence-electron chi connectivity index (χ2n) is 6.77. The molecule has 3 rings (SSSR count). The summed E-state index contributed by atoms with van der Waals surface area (Å²) >= 11 is 1.34. The van der Waals surface area contributed by atoms with Crippen LogP contribution in [0.1, 0.15) is 64.9 Å². The third-order valence-corrected chi connectivity index (χ3v) is 5.68. The Bertz CT molecular complexity index is 931. The Labute approximate surface area is 165 Å². The topological polar surface area (TPSA) is 116 Å². The number of rotatable bonds is 6. The van der Waals surface area contributed by atoms with Gasteiger partial charge in [-0.1, -0.05) is 0 Å². The maximum Gasteiger partial charge on any atom is 0.341 e. The number of carbonyl (C=O) groups excluding carboxylic acids is 2. The Morgan fingerprint density at radius 2 is 2.11 bits per heavy atom. The minimum atomic E-state index is -0.664. The normalized spacial score (nSPS) is 13.3. The highest BCUT2D eigenvalue weighted by atomic mass is 32.1. The third-order valence-electron chi connectivity index (χ3n) is 4.48. The molecule has 28 heavy (non-hydrogen) atoms. The SMILES string of the molecule is CCn1ncc([N+](=O)[O-])c1C(=O)Nc1sc2c(c1C(=O)OC(C)C)CCCC2. The number of fused-ring (bicyclic) bond motifs is 1.